The van der Waals surface area contributed by atoms with Crippen molar-refractivity contribution in [3.63, 3.8) is 0 Å². The number of carbonyl (C=O) groups is 2. The molecular weight excluding hydrogens is 467 g/mol. The predicted molar refractivity (Wildman–Crippen MR) is 137 cm³/mol. The van der Waals surface area contributed by atoms with Gasteiger partial charge in [0.05, 0.1) is 18.0 Å². The summed E-state index contributed by atoms with van der Waals surface area (Å²) >= 11 is 6.22. The van der Waals surface area contributed by atoms with Crippen molar-refractivity contribution in [2.45, 2.75) is 58.9 Å². The molecule has 0 saturated heterocycles. The fourth-order valence-corrected chi connectivity index (χ4v) is 4.81. The predicted octanol–water partition coefficient (Wildman–Crippen LogP) is 5.99. The maximum atomic E-state index is 14.4. The first kappa shape index (κ1) is 27.0. The molecule has 1 aliphatic heterocycles. The molecule has 35 heavy (non-hydrogen) atoms. The van der Waals surface area contributed by atoms with Crippen LogP contribution in [0.1, 0.15) is 62.4 Å². The van der Waals surface area contributed by atoms with Crippen LogP contribution in [0.15, 0.2) is 42.5 Å². The molecule has 2 aromatic carbocycles. The second-order valence-corrected chi connectivity index (χ2v) is 9.91. The Bertz CT molecular complexity index is 993. The molecule has 0 radical (unpaired) electrons. The van der Waals surface area contributed by atoms with E-state index in [2.05, 4.69) is 13.8 Å². The van der Waals surface area contributed by atoms with Gasteiger partial charge >= 0.3 is 0 Å². The summed E-state index contributed by atoms with van der Waals surface area (Å²) in [5.74, 6) is 0.165. The van der Waals surface area contributed by atoms with Gasteiger partial charge in [-0.2, -0.15) is 0 Å². The van der Waals surface area contributed by atoms with Gasteiger partial charge < -0.3 is 14.5 Å². The maximum absolute atomic E-state index is 14.4. The summed E-state index contributed by atoms with van der Waals surface area (Å²) in [5.41, 5.74) is 0.758. The molecule has 1 aliphatic rings. The Labute approximate surface area is 213 Å². The zero-order valence-corrected chi connectivity index (χ0v) is 21.7. The van der Waals surface area contributed by atoms with Crippen molar-refractivity contribution in [3.8, 4) is 5.75 Å². The molecule has 0 unspecified atom stereocenters. The molecule has 1 atom stereocenters. The normalized spacial score (nSPS) is 17.8. The van der Waals surface area contributed by atoms with Gasteiger partial charge in [0.15, 0.2) is 0 Å². The number of nitrogens with zero attached hydrogens (tertiary/aromatic N) is 2. The highest BCUT2D eigenvalue weighted by atomic mass is 35.5. The van der Waals surface area contributed by atoms with Crippen LogP contribution in [0.3, 0.4) is 0 Å². The number of para-hydroxylation sites is 1. The highest BCUT2D eigenvalue weighted by Gasteiger charge is 2.28. The van der Waals surface area contributed by atoms with E-state index in [-0.39, 0.29) is 41.5 Å². The van der Waals surface area contributed by atoms with Crippen molar-refractivity contribution in [3.05, 3.63) is 64.4 Å². The number of carbonyl (C=O) groups excluding carboxylic acids is 2. The summed E-state index contributed by atoms with van der Waals surface area (Å²) in [6.45, 7) is 8.27. The quantitative estimate of drug-likeness (QED) is 0.504. The third-order valence-electron chi connectivity index (χ3n) is 6.44. The van der Waals surface area contributed by atoms with Gasteiger partial charge in [0.1, 0.15) is 18.2 Å². The van der Waals surface area contributed by atoms with Crippen molar-refractivity contribution in [1.82, 2.24) is 9.80 Å². The van der Waals surface area contributed by atoms with Gasteiger partial charge in [0.25, 0.3) is 5.91 Å². The third-order valence-corrected chi connectivity index (χ3v) is 6.79. The van der Waals surface area contributed by atoms with E-state index in [1.807, 2.05) is 28.9 Å². The molecule has 2 amide bonds. The van der Waals surface area contributed by atoms with Gasteiger partial charge in [0.2, 0.25) is 5.91 Å². The van der Waals surface area contributed by atoms with E-state index in [1.165, 1.54) is 6.07 Å². The van der Waals surface area contributed by atoms with Crippen LogP contribution in [-0.2, 0) is 11.2 Å². The Morgan fingerprint density at radius 1 is 1.11 bits per heavy atom. The molecular formula is C28H36ClFN2O3. The number of hydrogen-bond acceptors (Lipinski definition) is 3. The number of hydrogen-bond donors (Lipinski definition) is 0. The molecule has 190 valence electrons. The SMILES string of the molecule is CCN1CCCCCN(C(=O)Cc2c(F)cccc2Cl)[C@@H](CC(C)C)COc2ccccc2C1=O. The Kier molecular flexibility index (Phi) is 9.96. The van der Waals surface area contributed by atoms with Crippen molar-refractivity contribution < 1.29 is 18.7 Å². The molecule has 3 rings (SSSR count). The lowest BCUT2D eigenvalue weighted by Crippen LogP contribution is -2.46. The van der Waals surface area contributed by atoms with Gasteiger partial charge in [-0.25, -0.2) is 4.39 Å². The number of benzene rings is 2. The van der Waals surface area contributed by atoms with Crippen LogP contribution in [0.2, 0.25) is 5.02 Å². The number of halogens is 2. The summed E-state index contributed by atoms with van der Waals surface area (Å²) in [4.78, 5) is 30.4. The van der Waals surface area contributed by atoms with Crippen LogP contribution in [0, 0.1) is 11.7 Å². The zero-order chi connectivity index (χ0) is 25.4. The lowest BCUT2D eigenvalue weighted by Gasteiger charge is -2.33. The fraction of sp³-hybridized carbons (Fsp3) is 0.500. The topological polar surface area (TPSA) is 49.9 Å². The summed E-state index contributed by atoms with van der Waals surface area (Å²) < 4.78 is 20.7. The van der Waals surface area contributed by atoms with Crippen LogP contribution in [0.5, 0.6) is 5.75 Å². The molecule has 0 N–H and O–H groups in total. The lowest BCUT2D eigenvalue weighted by atomic mass is 10.0. The molecule has 0 aromatic heterocycles. The van der Waals surface area contributed by atoms with Gasteiger partial charge in [-0.1, -0.05) is 43.6 Å². The van der Waals surface area contributed by atoms with Crippen LogP contribution in [0.25, 0.3) is 0 Å². The Morgan fingerprint density at radius 2 is 1.86 bits per heavy atom. The molecule has 0 aliphatic carbocycles. The van der Waals surface area contributed by atoms with Gasteiger partial charge in [0, 0.05) is 30.2 Å². The largest absolute Gasteiger partial charge is 0.491 e. The molecule has 0 spiro atoms. The number of ether oxygens (including phenoxy) is 1. The van der Waals surface area contributed by atoms with Gasteiger partial charge in [-0.3, -0.25) is 9.59 Å². The average Bonchev–Trinajstić information content (AvgIpc) is 2.84. The molecule has 0 fully saturated rings. The number of fused-ring (bicyclic) bond motifs is 1. The van der Waals surface area contributed by atoms with E-state index >= 15 is 0 Å². The Balaban J connectivity index is 1.91. The average molecular weight is 503 g/mol. The van der Waals surface area contributed by atoms with Crippen molar-refractivity contribution in [1.29, 1.82) is 0 Å². The Morgan fingerprint density at radius 3 is 2.57 bits per heavy atom. The second-order valence-electron chi connectivity index (χ2n) is 9.50. The minimum Gasteiger partial charge on any atom is -0.491 e. The fourth-order valence-electron chi connectivity index (χ4n) is 4.58. The Hall–Kier alpha value is -2.60. The third kappa shape index (κ3) is 7.20. The second kappa shape index (κ2) is 12.9. The highest BCUT2D eigenvalue weighted by molar-refractivity contribution is 6.31. The first-order chi connectivity index (χ1) is 16.8. The summed E-state index contributed by atoms with van der Waals surface area (Å²) in [6.07, 6.45) is 3.15. The molecule has 5 nitrogen and oxygen atoms in total. The van der Waals surface area contributed by atoms with Crippen LogP contribution in [0.4, 0.5) is 4.39 Å². The minimum atomic E-state index is -0.472. The van der Waals surface area contributed by atoms with E-state index in [4.69, 9.17) is 16.3 Å². The van der Waals surface area contributed by atoms with E-state index in [0.29, 0.717) is 36.9 Å². The molecule has 0 bridgehead atoms. The number of amides is 2. The van der Waals surface area contributed by atoms with E-state index in [1.54, 1.807) is 24.3 Å². The first-order valence-corrected chi connectivity index (χ1v) is 12.9. The van der Waals surface area contributed by atoms with Gasteiger partial charge in [-0.15, -0.1) is 0 Å². The molecule has 1 heterocycles. The van der Waals surface area contributed by atoms with Crippen LogP contribution >= 0.6 is 11.6 Å². The van der Waals surface area contributed by atoms with E-state index < -0.39 is 5.82 Å². The number of rotatable bonds is 5. The molecule has 2 aromatic rings. The van der Waals surface area contributed by atoms with Crippen molar-refractivity contribution in [2.75, 3.05) is 26.2 Å². The van der Waals surface area contributed by atoms with E-state index in [0.717, 1.165) is 25.7 Å². The maximum Gasteiger partial charge on any atom is 0.257 e. The molecule has 0 saturated carbocycles. The minimum absolute atomic E-state index is 0.0371. The lowest BCUT2D eigenvalue weighted by molar-refractivity contribution is -0.134. The summed E-state index contributed by atoms with van der Waals surface area (Å²) in [5, 5.41) is 0.257. The van der Waals surface area contributed by atoms with Crippen LogP contribution < -0.4 is 4.74 Å². The smallest absolute Gasteiger partial charge is 0.257 e. The summed E-state index contributed by atoms with van der Waals surface area (Å²) in [6, 6.07) is 11.6. The molecule has 7 heteroatoms. The zero-order valence-electron chi connectivity index (χ0n) is 20.9. The summed E-state index contributed by atoms with van der Waals surface area (Å²) in [7, 11) is 0. The first-order valence-electron chi connectivity index (χ1n) is 12.5. The van der Waals surface area contributed by atoms with Crippen LogP contribution in [-0.4, -0.2) is 53.9 Å². The standard InChI is InChI=1S/C28H36ClFN2O3/c1-4-31-15-8-5-9-16-32(27(33)18-23-24(29)12-10-13-25(23)30)21(17-20(2)3)19-35-26-14-7-6-11-22(26)28(31)34/h6-7,10-14,20-21H,4-5,8-9,15-19H2,1-3H3/t21-/m0/s1. The monoisotopic (exact) mass is 502 g/mol. The van der Waals surface area contributed by atoms with Crippen molar-refractivity contribution >= 4 is 23.4 Å². The van der Waals surface area contributed by atoms with E-state index in [9.17, 15) is 14.0 Å². The van der Waals surface area contributed by atoms with Gasteiger partial charge in [-0.05, 0) is 62.8 Å². The van der Waals surface area contributed by atoms with Crippen molar-refractivity contribution in [2.24, 2.45) is 5.92 Å². The highest BCUT2D eigenvalue weighted by Crippen LogP contribution is 2.25.